The number of rotatable bonds is 3. The van der Waals surface area contributed by atoms with E-state index in [1.54, 1.807) is 11.3 Å². The Bertz CT molecular complexity index is 544. The average Bonchev–Trinajstić information content (AvgIpc) is 2.98. The van der Waals surface area contributed by atoms with Crippen LogP contribution in [0, 0.1) is 0 Å². The van der Waals surface area contributed by atoms with Gasteiger partial charge in [-0.05, 0) is 13.8 Å². The van der Waals surface area contributed by atoms with E-state index in [1.165, 1.54) is 0 Å². The van der Waals surface area contributed by atoms with Gasteiger partial charge in [-0.2, -0.15) is 0 Å². The summed E-state index contributed by atoms with van der Waals surface area (Å²) in [5.74, 6) is 0. The Morgan fingerprint density at radius 1 is 1.00 bits per heavy atom. The van der Waals surface area contributed by atoms with Crippen LogP contribution in [0.1, 0.15) is 13.8 Å². The molecule has 20 heavy (non-hydrogen) atoms. The van der Waals surface area contributed by atoms with E-state index in [1.807, 2.05) is 18.2 Å². The number of hydrogen-bond acceptors (Lipinski definition) is 5. The summed E-state index contributed by atoms with van der Waals surface area (Å²) in [6, 6.07) is 10.9. The quantitative estimate of drug-likeness (QED) is 0.869. The molecule has 0 aliphatic carbocycles. The number of nitrogens with zero attached hydrogens (tertiary/aromatic N) is 4. The van der Waals surface area contributed by atoms with E-state index in [-0.39, 0.29) is 0 Å². The first-order chi connectivity index (χ1) is 9.74. The van der Waals surface area contributed by atoms with Crippen molar-refractivity contribution in [1.29, 1.82) is 0 Å². The fourth-order valence-corrected chi connectivity index (χ4v) is 3.37. The molecule has 0 spiro atoms. The van der Waals surface area contributed by atoms with Gasteiger partial charge in [0.25, 0.3) is 0 Å². The van der Waals surface area contributed by atoms with Gasteiger partial charge in [0.2, 0.25) is 5.13 Å². The fraction of sp³-hybridized carbons (Fsp3) is 0.467. The van der Waals surface area contributed by atoms with Gasteiger partial charge in [-0.15, -0.1) is 10.2 Å². The number of anilines is 1. The molecule has 1 saturated heterocycles. The van der Waals surface area contributed by atoms with E-state index in [2.05, 4.69) is 46.0 Å². The highest BCUT2D eigenvalue weighted by atomic mass is 32.1. The molecule has 1 aliphatic rings. The van der Waals surface area contributed by atoms with Crippen molar-refractivity contribution in [3.63, 3.8) is 0 Å². The molecule has 4 nitrogen and oxygen atoms in total. The summed E-state index contributed by atoms with van der Waals surface area (Å²) < 4.78 is 0. The number of benzene rings is 1. The van der Waals surface area contributed by atoms with Gasteiger partial charge in [0.05, 0.1) is 0 Å². The summed E-state index contributed by atoms with van der Waals surface area (Å²) in [6.07, 6.45) is 0. The van der Waals surface area contributed by atoms with Gasteiger partial charge >= 0.3 is 0 Å². The van der Waals surface area contributed by atoms with Crippen LogP contribution in [0.5, 0.6) is 0 Å². The van der Waals surface area contributed by atoms with Gasteiger partial charge in [-0.25, -0.2) is 0 Å². The largest absolute Gasteiger partial charge is 0.344 e. The fourth-order valence-electron chi connectivity index (χ4n) is 2.47. The Balaban J connectivity index is 1.69. The molecule has 5 heteroatoms. The highest BCUT2D eigenvalue weighted by Crippen LogP contribution is 2.29. The molecular formula is C15H20N4S. The number of hydrogen-bond donors (Lipinski definition) is 0. The Morgan fingerprint density at radius 2 is 1.70 bits per heavy atom. The van der Waals surface area contributed by atoms with Crippen LogP contribution >= 0.6 is 11.3 Å². The minimum absolute atomic E-state index is 0.631. The maximum Gasteiger partial charge on any atom is 0.208 e. The van der Waals surface area contributed by atoms with Crippen LogP contribution in [-0.4, -0.2) is 47.3 Å². The van der Waals surface area contributed by atoms with Gasteiger partial charge in [-0.1, -0.05) is 41.7 Å². The molecule has 1 aromatic heterocycles. The average molecular weight is 288 g/mol. The second-order valence-electron chi connectivity index (χ2n) is 5.37. The van der Waals surface area contributed by atoms with Crippen LogP contribution in [0.25, 0.3) is 10.6 Å². The smallest absolute Gasteiger partial charge is 0.208 e. The normalized spacial score (nSPS) is 16.9. The van der Waals surface area contributed by atoms with Gasteiger partial charge in [-0.3, -0.25) is 4.90 Å². The highest BCUT2D eigenvalue weighted by Gasteiger charge is 2.21. The van der Waals surface area contributed by atoms with Crippen molar-refractivity contribution >= 4 is 16.5 Å². The van der Waals surface area contributed by atoms with Crippen molar-refractivity contribution in [2.75, 3.05) is 31.1 Å². The maximum atomic E-state index is 4.36. The highest BCUT2D eigenvalue weighted by molar-refractivity contribution is 7.18. The van der Waals surface area contributed by atoms with Gasteiger partial charge < -0.3 is 4.90 Å². The van der Waals surface area contributed by atoms with E-state index >= 15 is 0 Å². The third kappa shape index (κ3) is 2.83. The minimum atomic E-state index is 0.631. The van der Waals surface area contributed by atoms with E-state index < -0.39 is 0 Å². The third-order valence-electron chi connectivity index (χ3n) is 3.75. The summed E-state index contributed by atoms with van der Waals surface area (Å²) in [5.41, 5.74) is 1.15. The summed E-state index contributed by atoms with van der Waals surface area (Å²) in [7, 11) is 0. The van der Waals surface area contributed by atoms with Crippen molar-refractivity contribution in [2.24, 2.45) is 0 Å². The lowest BCUT2D eigenvalue weighted by Gasteiger charge is -2.36. The molecule has 0 unspecified atom stereocenters. The Labute approximate surface area is 124 Å². The predicted molar refractivity (Wildman–Crippen MR) is 84.3 cm³/mol. The molecule has 0 bridgehead atoms. The minimum Gasteiger partial charge on any atom is -0.344 e. The van der Waals surface area contributed by atoms with Crippen molar-refractivity contribution in [3.05, 3.63) is 30.3 Å². The van der Waals surface area contributed by atoms with Crippen LogP contribution < -0.4 is 4.90 Å². The van der Waals surface area contributed by atoms with Crippen LogP contribution in [-0.2, 0) is 0 Å². The lowest BCUT2D eigenvalue weighted by atomic mass is 10.2. The first-order valence-electron chi connectivity index (χ1n) is 7.12. The monoisotopic (exact) mass is 288 g/mol. The Morgan fingerprint density at radius 3 is 2.35 bits per heavy atom. The van der Waals surface area contributed by atoms with Crippen LogP contribution in [0.2, 0.25) is 0 Å². The zero-order valence-corrected chi connectivity index (χ0v) is 12.8. The molecular weight excluding hydrogens is 268 g/mol. The van der Waals surface area contributed by atoms with Gasteiger partial charge in [0.1, 0.15) is 5.01 Å². The van der Waals surface area contributed by atoms with Crippen LogP contribution in [0.4, 0.5) is 5.13 Å². The predicted octanol–water partition coefficient (Wildman–Crippen LogP) is 2.74. The summed E-state index contributed by atoms with van der Waals surface area (Å²) in [5, 5.41) is 10.7. The molecule has 0 amide bonds. The van der Waals surface area contributed by atoms with E-state index in [0.717, 1.165) is 41.9 Å². The number of piperazine rings is 1. The summed E-state index contributed by atoms with van der Waals surface area (Å²) in [4.78, 5) is 4.86. The molecule has 0 saturated carbocycles. The summed E-state index contributed by atoms with van der Waals surface area (Å²) in [6.45, 7) is 8.82. The second-order valence-corrected chi connectivity index (χ2v) is 6.33. The lowest BCUT2D eigenvalue weighted by molar-refractivity contribution is 0.209. The SMILES string of the molecule is CC(C)N1CCN(c2nnc(-c3ccccc3)s2)CC1. The van der Waals surface area contributed by atoms with Crippen molar-refractivity contribution in [3.8, 4) is 10.6 Å². The van der Waals surface area contributed by atoms with Crippen LogP contribution in [0.3, 0.4) is 0 Å². The molecule has 0 radical (unpaired) electrons. The van der Waals surface area contributed by atoms with Gasteiger partial charge in [0, 0.05) is 37.8 Å². The molecule has 1 aromatic carbocycles. The molecule has 0 N–H and O–H groups in total. The maximum absolute atomic E-state index is 4.36. The Hall–Kier alpha value is -1.46. The molecule has 106 valence electrons. The number of aromatic nitrogens is 2. The van der Waals surface area contributed by atoms with Crippen molar-refractivity contribution < 1.29 is 0 Å². The molecule has 2 aromatic rings. The first kappa shape index (κ1) is 13.5. The lowest BCUT2D eigenvalue weighted by Crippen LogP contribution is -2.48. The molecule has 0 atom stereocenters. The standard InChI is InChI=1S/C15H20N4S/c1-12(2)18-8-10-19(11-9-18)15-17-16-14(20-15)13-6-4-3-5-7-13/h3-7,12H,8-11H2,1-2H3. The van der Waals surface area contributed by atoms with Crippen molar-refractivity contribution in [2.45, 2.75) is 19.9 Å². The van der Waals surface area contributed by atoms with Gasteiger partial charge in [0.15, 0.2) is 0 Å². The van der Waals surface area contributed by atoms with Crippen LogP contribution in [0.15, 0.2) is 30.3 Å². The van der Waals surface area contributed by atoms with E-state index in [9.17, 15) is 0 Å². The first-order valence-corrected chi connectivity index (χ1v) is 7.93. The third-order valence-corrected chi connectivity index (χ3v) is 4.78. The van der Waals surface area contributed by atoms with E-state index in [0.29, 0.717) is 6.04 Å². The molecule has 2 heterocycles. The second kappa shape index (κ2) is 5.89. The molecule has 1 fully saturated rings. The Kier molecular flexibility index (Phi) is 3.98. The molecule has 3 rings (SSSR count). The topological polar surface area (TPSA) is 32.3 Å². The van der Waals surface area contributed by atoms with E-state index in [4.69, 9.17) is 0 Å². The zero-order valence-electron chi connectivity index (χ0n) is 12.0. The van der Waals surface area contributed by atoms with Crippen molar-refractivity contribution in [1.82, 2.24) is 15.1 Å². The zero-order chi connectivity index (χ0) is 13.9. The molecule has 1 aliphatic heterocycles. The summed E-state index contributed by atoms with van der Waals surface area (Å²) >= 11 is 1.69.